The van der Waals surface area contributed by atoms with E-state index >= 15 is 0 Å². The SMILES string of the molecule is COC(=O)C1(C(=O)OC)C[C@H](OC)[C@@H](OC)C1. The van der Waals surface area contributed by atoms with Crippen LogP contribution in [-0.4, -0.2) is 52.6 Å². The minimum Gasteiger partial charge on any atom is -0.468 e. The topological polar surface area (TPSA) is 71.1 Å². The minimum absolute atomic E-state index is 0.210. The van der Waals surface area contributed by atoms with E-state index in [1.165, 1.54) is 28.4 Å². The molecule has 0 aromatic heterocycles. The highest BCUT2D eigenvalue weighted by Crippen LogP contribution is 2.42. The summed E-state index contributed by atoms with van der Waals surface area (Å²) in [6.45, 7) is 0. The average Bonchev–Trinajstić information content (AvgIpc) is 2.76. The molecular formula is C11H18O6. The monoisotopic (exact) mass is 246 g/mol. The molecule has 1 saturated carbocycles. The Hall–Kier alpha value is -1.14. The molecule has 0 aliphatic heterocycles. The molecule has 0 aromatic carbocycles. The highest BCUT2D eigenvalue weighted by Gasteiger charge is 2.58. The third-order valence-corrected chi connectivity index (χ3v) is 3.27. The number of hydrogen-bond acceptors (Lipinski definition) is 6. The molecule has 98 valence electrons. The van der Waals surface area contributed by atoms with Crippen LogP contribution in [0.2, 0.25) is 0 Å². The summed E-state index contributed by atoms with van der Waals surface area (Å²) in [5, 5.41) is 0. The van der Waals surface area contributed by atoms with Gasteiger partial charge in [0, 0.05) is 27.1 Å². The Morgan fingerprint density at radius 1 is 0.882 bits per heavy atom. The first-order chi connectivity index (χ1) is 8.05. The number of carbonyl (C=O) groups is 2. The van der Waals surface area contributed by atoms with E-state index in [9.17, 15) is 9.59 Å². The second-order valence-corrected chi connectivity index (χ2v) is 4.02. The fourth-order valence-electron chi connectivity index (χ4n) is 2.31. The lowest BCUT2D eigenvalue weighted by atomic mass is 9.86. The summed E-state index contributed by atoms with van der Waals surface area (Å²) in [5.41, 5.74) is -1.31. The molecular weight excluding hydrogens is 228 g/mol. The van der Waals surface area contributed by atoms with E-state index in [0.29, 0.717) is 0 Å². The summed E-state index contributed by atoms with van der Waals surface area (Å²) >= 11 is 0. The Labute approximate surface area is 100 Å². The van der Waals surface area contributed by atoms with Crippen LogP contribution in [0.3, 0.4) is 0 Å². The summed E-state index contributed by atoms with van der Waals surface area (Å²) < 4.78 is 19.8. The fourth-order valence-corrected chi connectivity index (χ4v) is 2.31. The van der Waals surface area contributed by atoms with Gasteiger partial charge in [-0.25, -0.2) is 0 Å². The Morgan fingerprint density at radius 2 is 1.24 bits per heavy atom. The molecule has 0 heterocycles. The second kappa shape index (κ2) is 5.46. The largest absolute Gasteiger partial charge is 0.468 e. The van der Waals surface area contributed by atoms with Gasteiger partial charge < -0.3 is 18.9 Å². The zero-order valence-electron chi connectivity index (χ0n) is 10.5. The lowest BCUT2D eigenvalue weighted by Crippen LogP contribution is -2.39. The predicted octanol–water partition coefficient (Wildman–Crippen LogP) is 0.143. The molecule has 0 N–H and O–H groups in total. The number of methoxy groups -OCH3 is 4. The van der Waals surface area contributed by atoms with Crippen molar-refractivity contribution in [1.29, 1.82) is 0 Å². The summed E-state index contributed by atoms with van der Waals surface area (Å²) in [6.07, 6.45) is -0.223. The van der Waals surface area contributed by atoms with Crippen molar-refractivity contribution in [1.82, 2.24) is 0 Å². The van der Waals surface area contributed by atoms with Gasteiger partial charge in [0.05, 0.1) is 26.4 Å². The van der Waals surface area contributed by atoms with Crippen LogP contribution >= 0.6 is 0 Å². The van der Waals surface area contributed by atoms with Crippen molar-refractivity contribution >= 4 is 11.9 Å². The van der Waals surface area contributed by atoms with Crippen LogP contribution in [0, 0.1) is 5.41 Å². The maximum Gasteiger partial charge on any atom is 0.323 e. The Morgan fingerprint density at radius 3 is 1.47 bits per heavy atom. The molecule has 1 aliphatic carbocycles. The van der Waals surface area contributed by atoms with Crippen molar-refractivity contribution in [3.8, 4) is 0 Å². The first kappa shape index (κ1) is 13.9. The molecule has 1 fully saturated rings. The molecule has 0 bridgehead atoms. The third kappa shape index (κ3) is 2.28. The van der Waals surface area contributed by atoms with Crippen LogP contribution in [0.15, 0.2) is 0 Å². The van der Waals surface area contributed by atoms with E-state index < -0.39 is 17.4 Å². The summed E-state index contributed by atoms with van der Waals surface area (Å²) in [7, 11) is 5.52. The molecule has 0 saturated heterocycles. The van der Waals surface area contributed by atoms with Gasteiger partial charge in [0.2, 0.25) is 0 Å². The number of rotatable bonds is 4. The normalized spacial score (nSPS) is 26.6. The van der Waals surface area contributed by atoms with Crippen LogP contribution in [0.1, 0.15) is 12.8 Å². The average molecular weight is 246 g/mol. The zero-order valence-corrected chi connectivity index (χ0v) is 10.5. The van der Waals surface area contributed by atoms with Gasteiger partial charge in [-0.15, -0.1) is 0 Å². The van der Waals surface area contributed by atoms with Gasteiger partial charge in [0.25, 0.3) is 0 Å². The van der Waals surface area contributed by atoms with Crippen molar-refractivity contribution < 1.29 is 28.5 Å². The molecule has 6 nitrogen and oxygen atoms in total. The predicted molar refractivity (Wildman–Crippen MR) is 57.3 cm³/mol. The number of esters is 2. The van der Waals surface area contributed by atoms with E-state index in [4.69, 9.17) is 18.9 Å². The number of ether oxygens (including phenoxy) is 4. The van der Waals surface area contributed by atoms with Crippen molar-refractivity contribution in [2.75, 3.05) is 28.4 Å². The van der Waals surface area contributed by atoms with Crippen molar-refractivity contribution in [2.45, 2.75) is 25.0 Å². The Bertz CT molecular complexity index is 270. The first-order valence-electron chi connectivity index (χ1n) is 5.28. The second-order valence-electron chi connectivity index (χ2n) is 4.02. The molecule has 2 atom stereocenters. The third-order valence-electron chi connectivity index (χ3n) is 3.27. The van der Waals surface area contributed by atoms with Gasteiger partial charge in [-0.3, -0.25) is 9.59 Å². The van der Waals surface area contributed by atoms with Crippen molar-refractivity contribution in [3.63, 3.8) is 0 Å². The minimum atomic E-state index is -1.31. The molecule has 0 aromatic rings. The van der Waals surface area contributed by atoms with Crippen LogP contribution in [0.5, 0.6) is 0 Å². The lowest BCUT2D eigenvalue weighted by Gasteiger charge is -2.22. The smallest absolute Gasteiger partial charge is 0.323 e. The fraction of sp³-hybridized carbons (Fsp3) is 0.818. The molecule has 17 heavy (non-hydrogen) atoms. The van der Waals surface area contributed by atoms with E-state index in [1.807, 2.05) is 0 Å². The van der Waals surface area contributed by atoms with Gasteiger partial charge in [0.15, 0.2) is 5.41 Å². The van der Waals surface area contributed by atoms with Crippen molar-refractivity contribution in [3.05, 3.63) is 0 Å². The van der Waals surface area contributed by atoms with Gasteiger partial charge in [0.1, 0.15) is 0 Å². The van der Waals surface area contributed by atoms with E-state index in [2.05, 4.69) is 0 Å². The van der Waals surface area contributed by atoms with Gasteiger partial charge in [-0.1, -0.05) is 0 Å². The molecule has 0 amide bonds. The van der Waals surface area contributed by atoms with Crippen LogP contribution < -0.4 is 0 Å². The van der Waals surface area contributed by atoms with Gasteiger partial charge >= 0.3 is 11.9 Å². The van der Waals surface area contributed by atoms with Crippen LogP contribution in [-0.2, 0) is 28.5 Å². The molecule has 0 spiro atoms. The van der Waals surface area contributed by atoms with E-state index in [0.717, 1.165) is 0 Å². The number of carbonyl (C=O) groups excluding carboxylic acids is 2. The maximum absolute atomic E-state index is 11.8. The van der Waals surface area contributed by atoms with Crippen molar-refractivity contribution in [2.24, 2.45) is 5.41 Å². The Balaban J connectivity index is 3.02. The lowest BCUT2D eigenvalue weighted by molar-refractivity contribution is -0.169. The zero-order chi connectivity index (χ0) is 13.1. The highest BCUT2D eigenvalue weighted by molar-refractivity contribution is 6.00. The van der Waals surface area contributed by atoms with Crippen LogP contribution in [0.25, 0.3) is 0 Å². The highest BCUT2D eigenvalue weighted by atomic mass is 16.6. The standard InChI is InChI=1S/C11H18O6/c1-14-7-5-11(9(12)16-3,10(13)17-4)6-8(7)15-2/h7-8H,5-6H2,1-4H3/t7-,8-/m0/s1. The summed E-state index contributed by atoms with van der Waals surface area (Å²) in [4.78, 5) is 23.7. The van der Waals surface area contributed by atoms with Crippen LogP contribution in [0.4, 0.5) is 0 Å². The van der Waals surface area contributed by atoms with E-state index in [1.54, 1.807) is 0 Å². The van der Waals surface area contributed by atoms with Gasteiger partial charge in [-0.2, -0.15) is 0 Å². The first-order valence-corrected chi connectivity index (χ1v) is 5.28. The molecule has 0 unspecified atom stereocenters. The van der Waals surface area contributed by atoms with E-state index in [-0.39, 0.29) is 25.0 Å². The quantitative estimate of drug-likeness (QED) is 0.519. The van der Waals surface area contributed by atoms with Gasteiger partial charge in [-0.05, 0) is 0 Å². The Kier molecular flexibility index (Phi) is 4.47. The molecule has 0 radical (unpaired) electrons. The maximum atomic E-state index is 11.8. The summed E-state index contributed by atoms with van der Waals surface area (Å²) in [6, 6.07) is 0. The molecule has 1 aliphatic rings. The molecule has 6 heteroatoms. The summed E-state index contributed by atoms with van der Waals surface area (Å²) in [5.74, 6) is -1.21. The molecule has 1 rings (SSSR count). The number of hydrogen-bond donors (Lipinski definition) is 0.